The molecule has 0 bridgehead atoms. The van der Waals surface area contributed by atoms with Crippen molar-refractivity contribution < 1.29 is 14.3 Å². The molecule has 0 radical (unpaired) electrons. The highest BCUT2D eigenvalue weighted by Gasteiger charge is 2.24. The number of carbonyl (C=O) groups is 2. The van der Waals surface area contributed by atoms with Gasteiger partial charge in [0.05, 0.1) is 13.0 Å². The van der Waals surface area contributed by atoms with Gasteiger partial charge in [-0.25, -0.2) is 0 Å². The van der Waals surface area contributed by atoms with Gasteiger partial charge in [-0.1, -0.05) is 48.5 Å². The van der Waals surface area contributed by atoms with Crippen molar-refractivity contribution in [2.45, 2.75) is 25.8 Å². The molecule has 1 aliphatic heterocycles. The molecule has 2 amide bonds. The smallest absolute Gasteiger partial charge is 0.226 e. The molecule has 1 fully saturated rings. The van der Waals surface area contributed by atoms with Gasteiger partial charge in [0.25, 0.3) is 0 Å². The Kier molecular flexibility index (Phi) is 5.89. The Bertz CT molecular complexity index is 761. The van der Waals surface area contributed by atoms with E-state index in [1.165, 1.54) is 0 Å². The molecule has 0 aromatic heterocycles. The van der Waals surface area contributed by atoms with Crippen LogP contribution < -0.4 is 10.1 Å². The molecule has 1 atom stereocenters. The molecule has 2 aromatic rings. The van der Waals surface area contributed by atoms with Gasteiger partial charge in [-0.05, 0) is 18.6 Å². The zero-order valence-corrected chi connectivity index (χ0v) is 15.0. The van der Waals surface area contributed by atoms with Crippen LogP contribution in [-0.4, -0.2) is 42.5 Å². The SMILES string of the molecule is CC1CC(=O)NCCN1C(=O)CCOc1ccccc1-c1ccccc1. The van der Waals surface area contributed by atoms with Crippen LogP contribution in [0.1, 0.15) is 19.8 Å². The van der Waals surface area contributed by atoms with Gasteiger partial charge in [-0.15, -0.1) is 0 Å². The molecule has 1 saturated heterocycles. The van der Waals surface area contributed by atoms with E-state index < -0.39 is 0 Å². The monoisotopic (exact) mass is 352 g/mol. The van der Waals surface area contributed by atoms with E-state index >= 15 is 0 Å². The molecule has 1 unspecified atom stereocenters. The minimum atomic E-state index is -0.0818. The first-order valence-electron chi connectivity index (χ1n) is 8.98. The highest BCUT2D eigenvalue weighted by Crippen LogP contribution is 2.29. The molecular formula is C21H24N2O3. The third kappa shape index (κ3) is 4.42. The number of carbonyl (C=O) groups excluding carboxylic acids is 2. The quantitative estimate of drug-likeness (QED) is 0.900. The van der Waals surface area contributed by atoms with E-state index in [2.05, 4.69) is 5.32 Å². The number of ether oxygens (including phenoxy) is 1. The van der Waals surface area contributed by atoms with Crippen molar-refractivity contribution in [3.63, 3.8) is 0 Å². The minimum absolute atomic E-state index is 0.000776. The van der Waals surface area contributed by atoms with Crippen molar-refractivity contribution in [2.75, 3.05) is 19.7 Å². The maximum atomic E-state index is 12.5. The van der Waals surface area contributed by atoms with Crippen molar-refractivity contribution in [1.29, 1.82) is 0 Å². The number of para-hydroxylation sites is 1. The summed E-state index contributed by atoms with van der Waals surface area (Å²) in [5.41, 5.74) is 2.10. The lowest BCUT2D eigenvalue weighted by molar-refractivity contribution is -0.133. The van der Waals surface area contributed by atoms with E-state index in [1.54, 1.807) is 4.90 Å². The molecule has 26 heavy (non-hydrogen) atoms. The first-order chi connectivity index (χ1) is 12.6. The van der Waals surface area contributed by atoms with E-state index in [-0.39, 0.29) is 17.9 Å². The minimum Gasteiger partial charge on any atom is -0.492 e. The maximum Gasteiger partial charge on any atom is 0.226 e. The molecule has 5 nitrogen and oxygen atoms in total. The van der Waals surface area contributed by atoms with Crippen LogP contribution in [0.5, 0.6) is 5.75 Å². The summed E-state index contributed by atoms with van der Waals surface area (Å²) in [5.74, 6) is 0.791. The van der Waals surface area contributed by atoms with Crippen LogP contribution in [0.3, 0.4) is 0 Å². The van der Waals surface area contributed by atoms with Crippen LogP contribution in [0.15, 0.2) is 54.6 Å². The second-order valence-electron chi connectivity index (χ2n) is 6.45. The average molecular weight is 352 g/mol. The fourth-order valence-corrected chi connectivity index (χ4v) is 3.20. The van der Waals surface area contributed by atoms with Crippen LogP contribution in [0.4, 0.5) is 0 Å². The Morgan fingerprint density at radius 2 is 1.88 bits per heavy atom. The van der Waals surface area contributed by atoms with E-state index in [0.29, 0.717) is 32.5 Å². The van der Waals surface area contributed by atoms with Gasteiger partial charge in [-0.2, -0.15) is 0 Å². The highest BCUT2D eigenvalue weighted by molar-refractivity contribution is 5.81. The number of benzene rings is 2. The summed E-state index contributed by atoms with van der Waals surface area (Å²) in [6.45, 7) is 3.28. The summed E-state index contributed by atoms with van der Waals surface area (Å²) < 4.78 is 5.91. The summed E-state index contributed by atoms with van der Waals surface area (Å²) in [6.07, 6.45) is 0.644. The molecule has 1 heterocycles. The second kappa shape index (κ2) is 8.52. The molecule has 0 spiro atoms. The molecule has 3 rings (SSSR count). The van der Waals surface area contributed by atoms with Crippen molar-refractivity contribution in [1.82, 2.24) is 10.2 Å². The van der Waals surface area contributed by atoms with Crippen LogP contribution in [0, 0.1) is 0 Å². The fraction of sp³-hybridized carbons (Fsp3) is 0.333. The van der Waals surface area contributed by atoms with Gasteiger partial charge in [0, 0.05) is 31.1 Å². The largest absolute Gasteiger partial charge is 0.492 e. The Morgan fingerprint density at radius 3 is 2.69 bits per heavy atom. The number of hydrogen-bond acceptors (Lipinski definition) is 3. The second-order valence-corrected chi connectivity index (χ2v) is 6.45. The Labute approximate surface area is 154 Å². The highest BCUT2D eigenvalue weighted by atomic mass is 16.5. The number of nitrogens with one attached hydrogen (secondary N) is 1. The van der Waals surface area contributed by atoms with Crippen LogP contribution in [0.25, 0.3) is 11.1 Å². The van der Waals surface area contributed by atoms with E-state index in [4.69, 9.17) is 4.74 Å². The van der Waals surface area contributed by atoms with E-state index in [9.17, 15) is 9.59 Å². The van der Waals surface area contributed by atoms with Gasteiger partial charge >= 0.3 is 0 Å². The Morgan fingerprint density at radius 1 is 1.15 bits per heavy atom. The number of nitrogens with zero attached hydrogens (tertiary/aromatic N) is 1. The fourth-order valence-electron chi connectivity index (χ4n) is 3.20. The van der Waals surface area contributed by atoms with Crippen LogP contribution >= 0.6 is 0 Å². The Hall–Kier alpha value is -2.82. The van der Waals surface area contributed by atoms with Crippen molar-refractivity contribution in [2.24, 2.45) is 0 Å². The first kappa shape index (κ1) is 18.0. The third-order valence-electron chi connectivity index (χ3n) is 4.55. The van der Waals surface area contributed by atoms with Gasteiger partial charge in [0.1, 0.15) is 5.75 Å². The van der Waals surface area contributed by atoms with E-state index in [1.807, 2.05) is 61.5 Å². The molecule has 5 heteroatoms. The zero-order chi connectivity index (χ0) is 18.4. The molecule has 0 aliphatic carbocycles. The predicted octanol–water partition coefficient (Wildman–Crippen LogP) is 2.86. The summed E-state index contributed by atoms with van der Waals surface area (Å²) in [5, 5.41) is 2.80. The van der Waals surface area contributed by atoms with Crippen LogP contribution in [-0.2, 0) is 9.59 Å². The first-order valence-corrected chi connectivity index (χ1v) is 8.98. The third-order valence-corrected chi connectivity index (χ3v) is 4.55. The lowest BCUT2D eigenvalue weighted by Gasteiger charge is -2.26. The van der Waals surface area contributed by atoms with Crippen molar-refractivity contribution in [3.05, 3.63) is 54.6 Å². The molecule has 1 N–H and O–H groups in total. The summed E-state index contributed by atoms with van der Waals surface area (Å²) in [7, 11) is 0. The van der Waals surface area contributed by atoms with Crippen molar-refractivity contribution in [3.8, 4) is 16.9 Å². The number of hydrogen-bond donors (Lipinski definition) is 1. The van der Waals surface area contributed by atoms with Gasteiger partial charge in [0.15, 0.2) is 0 Å². The van der Waals surface area contributed by atoms with Gasteiger partial charge in [-0.3, -0.25) is 9.59 Å². The molecule has 0 saturated carbocycles. The standard InChI is InChI=1S/C21H24N2O3/c1-16-15-20(24)22-12-13-23(16)21(25)11-14-26-19-10-6-5-9-18(19)17-7-3-2-4-8-17/h2-10,16H,11-15H2,1H3,(H,22,24). The molecule has 136 valence electrons. The van der Waals surface area contributed by atoms with Gasteiger partial charge in [0.2, 0.25) is 11.8 Å². The lowest BCUT2D eigenvalue weighted by atomic mass is 10.1. The molecule has 2 aromatic carbocycles. The lowest BCUT2D eigenvalue weighted by Crippen LogP contribution is -2.40. The number of rotatable bonds is 5. The molecule has 1 aliphatic rings. The zero-order valence-electron chi connectivity index (χ0n) is 15.0. The maximum absolute atomic E-state index is 12.5. The summed E-state index contributed by atoms with van der Waals surface area (Å²) >= 11 is 0. The average Bonchev–Trinajstić information content (AvgIpc) is 2.82. The summed E-state index contributed by atoms with van der Waals surface area (Å²) in [4.78, 5) is 25.8. The van der Waals surface area contributed by atoms with Gasteiger partial charge < -0.3 is 15.0 Å². The van der Waals surface area contributed by atoms with E-state index in [0.717, 1.165) is 16.9 Å². The predicted molar refractivity (Wildman–Crippen MR) is 101 cm³/mol. The number of amides is 2. The Balaban J connectivity index is 1.60. The topological polar surface area (TPSA) is 58.6 Å². The summed E-state index contributed by atoms with van der Waals surface area (Å²) in [6, 6.07) is 17.8. The van der Waals surface area contributed by atoms with Crippen LogP contribution in [0.2, 0.25) is 0 Å². The normalized spacial score (nSPS) is 17.3. The molecular weight excluding hydrogens is 328 g/mol. The van der Waals surface area contributed by atoms with Crippen molar-refractivity contribution >= 4 is 11.8 Å².